The van der Waals surface area contributed by atoms with E-state index in [-0.39, 0.29) is 0 Å². The molecule has 0 spiro atoms. The van der Waals surface area contributed by atoms with Crippen LogP contribution in [0, 0.1) is 3.57 Å². The van der Waals surface area contributed by atoms with E-state index in [0.29, 0.717) is 6.04 Å². The number of hydrogen-bond donors (Lipinski definition) is 1. The minimum atomic E-state index is 0.614. The summed E-state index contributed by atoms with van der Waals surface area (Å²) in [5.41, 5.74) is 1.50. The van der Waals surface area contributed by atoms with Gasteiger partial charge in [-0.05, 0) is 46.7 Å². The first kappa shape index (κ1) is 15.3. The standard InChI is InChI=1S/C16H25IN2/c1-2-3-4-8-16(19-11-9-18-10-12-19)14-6-5-7-15(17)13-14/h5-7,13,16,18H,2-4,8-12H2,1H3/t16-/m0/s1. The molecule has 2 rings (SSSR count). The van der Waals surface area contributed by atoms with Crippen LogP contribution in [0.1, 0.15) is 44.2 Å². The Hall–Kier alpha value is -0.130. The van der Waals surface area contributed by atoms with Crippen LogP contribution in [0.4, 0.5) is 0 Å². The molecule has 1 aliphatic heterocycles. The second-order valence-corrected chi connectivity index (χ2v) is 6.60. The molecule has 1 N–H and O–H groups in total. The molecule has 0 amide bonds. The molecule has 1 aromatic rings. The highest BCUT2D eigenvalue weighted by atomic mass is 127. The van der Waals surface area contributed by atoms with Gasteiger partial charge in [-0.3, -0.25) is 4.90 Å². The van der Waals surface area contributed by atoms with Crippen LogP contribution in [0.5, 0.6) is 0 Å². The van der Waals surface area contributed by atoms with E-state index in [9.17, 15) is 0 Å². The molecule has 0 bridgehead atoms. The number of piperazine rings is 1. The van der Waals surface area contributed by atoms with Crippen molar-refractivity contribution in [1.82, 2.24) is 10.2 Å². The van der Waals surface area contributed by atoms with Gasteiger partial charge in [0.15, 0.2) is 0 Å². The lowest BCUT2D eigenvalue weighted by atomic mass is 9.98. The van der Waals surface area contributed by atoms with E-state index in [4.69, 9.17) is 0 Å². The Labute approximate surface area is 131 Å². The number of benzene rings is 1. The van der Waals surface area contributed by atoms with E-state index < -0.39 is 0 Å². The summed E-state index contributed by atoms with van der Waals surface area (Å²) in [6.45, 7) is 6.91. The third-order valence-corrected chi connectivity index (χ3v) is 4.58. The van der Waals surface area contributed by atoms with Crippen molar-refractivity contribution in [3.8, 4) is 0 Å². The lowest BCUT2D eigenvalue weighted by molar-refractivity contribution is 0.162. The van der Waals surface area contributed by atoms with Crippen LogP contribution < -0.4 is 5.32 Å². The van der Waals surface area contributed by atoms with Crippen molar-refractivity contribution < 1.29 is 0 Å². The molecular weight excluding hydrogens is 347 g/mol. The minimum Gasteiger partial charge on any atom is -0.314 e. The van der Waals surface area contributed by atoms with Crippen molar-refractivity contribution >= 4 is 22.6 Å². The average molecular weight is 372 g/mol. The molecule has 0 aromatic heterocycles. The first-order valence-corrected chi connectivity index (χ1v) is 8.59. The Balaban J connectivity index is 2.08. The SMILES string of the molecule is CCCCC[C@@H](c1cccc(I)c1)N1CCNCC1. The van der Waals surface area contributed by atoms with Crippen LogP contribution in [0.25, 0.3) is 0 Å². The van der Waals surface area contributed by atoms with Gasteiger partial charge in [0.25, 0.3) is 0 Å². The zero-order valence-corrected chi connectivity index (χ0v) is 14.0. The van der Waals surface area contributed by atoms with Crippen LogP contribution in [-0.4, -0.2) is 31.1 Å². The summed E-state index contributed by atoms with van der Waals surface area (Å²) in [5, 5.41) is 3.46. The monoisotopic (exact) mass is 372 g/mol. The van der Waals surface area contributed by atoms with Crippen molar-refractivity contribution in [1.29, 1.82) is 0 Å². The van der Waals surface area contributed by atoms with Gasteiger partial charge in [0, 0.05) is 35.8 Å². The zero-order chi connectivity index (χ0) is 13.5. The van der Waals surface area contributed by atoms with E-state index in [1.54, 1.807) is 0 Å². The van der Waals surface area contributed by atoms with E-state index >= 15 is 0 Å². The molecule has 1 atom stereocenters. The van der Waals surface area contributed by atoms with Gasteiger partial charge in [-0.15, -0.1) is 0 Å². The molecule has 1 aromatic carbocycles. The number of rotatable bonds is 6. The number of halogens is 1. The third-order valence-electron chi connectivity index (χ3n) is 3.91. The Morgan fingerprint density at radius 2 is 2.05 bits per heavy atom. The van der Waals surface area contributed by atoms with Gasteiger partial charge in [-0.2, -0.15) is 0 Å². The van der Waals surface area contributed by atoms with Gasteiger partial charge < -0.3 is 5.32 Å². The topological polar surface area (TPSA) is 15.3 Å². The fourth-order valence-corrected chi connectivity index (χ4v) is 3.42. The lowest BCUT2D eigenvalue weighted by Gasteiger charge is -2.35. The van der Waals surface area contributed by atoms with Crippen LogP contribution >= 0.6 is 22.6 Å². The van der Waals surface area contributed by atoms with Crippen LogP contribution in [0.2, 0.25) is 0 Å². The highest BCUT2D eigenvalue weighted by Crippen LogP contribution is 2.28. The maximum absolute atomic E-state index is 3.46. The predicted octanol–water partition coefficient (Wildman–Crippen LogP) is 3.82. The van der Waals surface area contributed by atoms with E-state index in [1.807, 2.05) is 0 Å². The van der Waals surface area contributed by atoms with Gasteiger partial charge in [0.05, 0.1) is 0 Å². The molecule has 1 heterocycles. The molecule has 106 valence electrons. The number of nitrogens with zero attached hydrogens (tertiary/aromatic N) is 1. The maximum atomic E-state index is 3.46. The molecule has 0 unspecified atom stereocenters. The number of hydrogen-bond acceptors (Lipinski definition) is 2. The molecule has 0 aliphatic carbocycles. The van der Waals surface area contributed by atoms with Crippen molar-refractivity contribution in [3.63, 3.8) is 0 Å². The van der Waals surface area contributed by atoms with Crippen molar-refractivity contribution in [2.24, 2.45) is 0 Å². The van der Waals surface area contributed by atoms with Gasteiger partial charge in [-0.25, -0.2) is 0 Å². The van der Waals surface area contributed by atoms with E-state index in [0.717, 1.165) is 13.1 Å². The van der Waals surface area contributed by atoms with Crippen LogP contribution in [0.3, 0.4) is 0 Å². The Kier molecular flexibility index (Phi) is 6.61. The predicted molar refractivity (Wildman–Crippen MR) is 90.5 cm³/mol. The number of nitrogens with one attached hydrogen (secondary N) is 1. The zero-order valence-electron chi connectivity index (χ0n) is 11.9. The first-order valence-electron chi connectivity index (χ1n) is 7.51. The highest BCUT2D eigenvalue weighted by Gasteiger charge is 2.21. The summed E-state index contributed by atoms with van der Waals surface area (Å²) < 4.78 is 1.35. The first-order chi connectivity index (χ1) is 9.31. The molecular formula is C16H25IN2. The smallest absolute Gasteiger partial charge is 0.0349 e. The normalized spacial score (nSPS) is 18.4. The van der Waals surface area contributed by atoms with Crippen LogP contribution in [0.15, 0.2) is 24.3 Å². The second-order valence-electron chi connectivity index (χ2n) is 5.35. The van der Waals surface area contributed by atoms with Gasteiger partial charge in [-0.1, -0.05) is 38.3 Å². The van der Waals surface area contributed by atoms with Crippen molar-refractivity contribution in [2.45, 2.75) is 38.6 Å². The molecule has 1 fully saturated rings. The molecule has 0 saturated carbocycles. The molecule has 19 heavy (non-hydrogen) atoms. The number of unbranched alkanes of at least 4 members (excludes halogenated alkanes) is 2. The average Bonchev–Trinajstić information content (AvgIpc) is 2.45. The Morgan fingerprint density at radius 3 is 2.74 bits per heavy atom. The van der Waals surface area contributed by atoms with Gasteiger partial charge in [0.1, 0.15) is 0 Å². The summed E-state index contributed by atoms with van der Waals surface area (Å²) in [6.07, 6.45) is 5.30. The third kappa shape index (κ3) is 4.72. The maximum Gasteiger partial charge on any atom is 0.0349 e. The molecule has 0 radical (unpaired) electrons. The van der Waals surface area contributed by atoms with E-state index in [1.165, 1.54) is 47.9 Å². The lowest BCUT2D eigenvalue weighted by Crippen LogP contribution is -2.45. The van der Waals surface area contributed by atoms with Gasteiger partial charge >= 0.3 is 0 Å². The second kappa shape index (κ2) is 8.22. The highest BCUT2D eigenvalue weighted by molar-refractivity contribution is 14.1. The Bertz CT molecular complexity index is 375. The van der Waals surface area contributed by atoms with Gasteiger partial charge in [0.2, 0.25) is 0 Å². The van der Waals surface area contributed by atoms with Crippen molar-refractivity contribution in [2.75, 3.05) is 26.2 Å². The molecule has 1 aliphatic rings. The Morgan fingerprint density at radius 1 is 1.26 bits per heavy atom. The van der Waals surface area contributed by atoms with Crippen LogP contribution in [-0.2, 0) is 0 Å². The summed E-state index contributed by atoms with van der Waals surface area (Å²) in [5.74, 6) is 0. The minimum absolute atomic E-state index is 0.614. The summed E-state index contributed by atoms with van der Waals surface area (Å²) in [6, 6.07) is 9.67. The summed E-state index contributed by atoms with van der Waals surface area (Å²) >= 11 is 2.42. The fourth-order valence-electron chi connectivity index (χ4n) is 2.86. The fraction of sp³-hybridized carbons (Fsp3) is 0.625. The van der Waals surface area contributed by atoms with E-state index in [2.05, 4.69) is 64.0 Å². The quantitative estimate of drug-likeness (QED) is 0.603. The molecule has 2 nitrogen and oxygen atoms in total. The molecule has 1 saturated heterocycles. The summed E-state index contributed by atoms with van der Waals surface area (Å²) in [4.78, 5) is 2.66. The molecule has 3 heteroatoms. The summed E-state index contributed by atoms with van der Waals surface area (Å²) in [7, 11) is 0. The van der Waals surface area contributed by atoms with Crippen molar-refractivity contribution in [3.05, 3.63) is 33.4 Å². The largest absolute Gasteiger partial charge is 0.314 e.